The fourth-order valence-corrected chi connectivity index (χ4v) is 2.45. The molecule has 3 aromatic rings. The molecule has 0 bridgehead atoms. The molecule has 0 aliphatic rings. The molecule has 0 atom stereocenters. The lowest BCUT2D eigenvalue weighted by Crippen LogP contribution is -2.17. The van der Waals surface area contributed by atoms with Crippen molar-refractivity contribution in [2.24, 2.45) is 0 Å². The zero-order chi connectivity index (χ0) is 17.3. The summed E-state index contributed by atoms with van der Waals surface area (Å²) in [5.74, 6) is -0.842. The third kappa shape index (κ3) is 2.66. The minimum Gasteiger partial charge on any atom is -0.478 e. The summed E-state index contributed by atoms with van der Waals surface area (Å²) in [6.45, 7) is 6.97. The molecule has 118 valence electrons. The Morgan fingerprint density at radius 2 is 2.08 bits per heavy atom. The monoisotopic (exact) mass is 340 g/mol. The van der Waals surface area contributed by atoms with Gasteiger partial charge < -0.3 is 5.11 Å². The van der Waals surface area contributed by atoms with E-state index in [0.717, 1.165) is 0 Å². The van der Waals surface area contributed by atoms with Crippen LogP contribution < -0.4 is 5.56 Å². The number of carboxylic acids is 1. The highest BCUT2D eigenvalue weighted by atomic mass is 35.5. The van der Waals surface area contributed by atoms with Crippen molar-refractivity contribution < 1.29 is 9.90 Å². The van der Waals surface area contributed by atoms with Gasteiger partial charge in [-0.1, -0.05) is 23.7 Å². The molecular weight excluding hydrogens is 332 g/mol. The fourth-order valence-electron chi connectivity index (χ4n) is 2.17. The average Bonchev–Trinajstić information content (AvgIpc) is 2.96. The van der Waals surface area contributed by atoms with Crippen molar-refractivity contribution >= 4 is 23.3 Å². The van der Waals surface area contributed by atoms with Gasteiger partial charge in [0.2, 0.25) is 0 Å². The second-order valence-electron chi connectivity index (χ2n) is 4.81. The maximum atomic E-state index is 12.6. The van der Waals surface area contributed by atoms with Gasteiger partial charge in [-0.3, -0.25) is 9.89 Å². The van der Waals surface area contributed by atoms with Crippen molar-refractivity contribution in [3.8, 4) is 16.9 Å². The molecule has 2 aromatic heterocycles. The van der Waals surface area contributed by atoms with E-state index in [1.807, 2.05) is 0 Å². The number of aromatic carboxylic acids is 1. The molecule has 0 aliphatic carbocycles. The molecule has 24 heavy (non-hydrogen) atoms. The van der Waals surface area contributed by atoms with Crippen LogP contribution in [0.4, 0.5) is 5.69 Å². The molecule has 0 aliphatic heterocycles. The number of H-pyrrole nitrogens is 1. The van der Waals surface area contributed by atoms with Crippen molar-refractivity contribution in [3.05, 3.63) is 75.1 Å². The zero-order valence-corrected chi connectivity index (χ0v) is 12.8. The Morgan fingerprint density at radius 3 is 2.67 bits per heavy atom. The van der Waals surface area contributed by atoms with Crippen LogP contribution in [0.15, 0.2) is 47.5 Å². The lowest BCUT2D eigenvalue weighted by molar-refractivity contribution is 0.0696. The van der Waals surface area contributed by atoms with Crippen LogP contribution >= 0.6 is 11.6 Å². The number of hydrogen-bond donors (Lipinski definition) is 2. The number of pyridine rings is 1. The van der Waals surface area contributed by atoms with E-state index in [-0.39, 0.29) is 16.9 Å². The van der Waals surface area contributed by atoms with Crippen LogP contribution in [-0.4, -0.2) is 25.8 Å². The second-order valence-corrected chi connectivity index (χ2v) is 5.22. The fraction of sp³-hybridized carbons (Fsp3) is 0. The Labute approximate surface area is 140 Å². The lowest BCUT2D eigenvalue weighted by Gasteiger charge is -2.02. The number of nitrogens with one attached hydrogen (secondary N) is 1. The van der Waals surface area contributed by atoms with Crippen molar-refractivity contribution in [2.75, 3.05) is 0 Å². The van der Waals surface area contributed by atoms with Crippen molar-refractivity contribution in [1.82, 2.24) is 14.8 Å². The predicted octanol–water partition coefficient (Wildman–Crippen LogP) is 3.13. The smallest absolute Gasteiger partial charge is 0.337 e. The molecule has 3 rings (SSSR count). The van der Waals surface area contributed by atoms with Gasteiger partial charge in [0.15, 0.2) is 11.5 Å². The molecule has 0 saturated carbocycles. The molecular formula is C16H9ClN4O3. The van der Waals surface area contributed by atoms with E-state index in [4.69, 9.17) is 23.3 Å². The van der Waals surface area contributed by atoms with Crippen molar-refractivity contribution in [1.29, 1.82) is 0 Å². The zero-order valence-electron chi connectivity index (χ0n) is 12.0. The third-order valence-corrected chi connectivity index (χ3v) is 3.68. The first-order valence-corrected chi connectivity index (χ1v) is 7.06. The Bertz CT molecular complexity index is 1030. The summed E-state index contributed by atoms with van der Waals surface area (Å²) in [6, 6.07) is 7.45. The van der Waals surface area contributed by atoms with E-state index in [2.05, 4.69) is 14.9 Å². The Hall–Kier alpha value is -3.37. The highest BCUT2D eigenvalue weighted by molar-refractivity contribution is 6.33. The van der Waals surface area contributed by atoms with Gasteiger partial charge in [-0.2, -0.15) is 0 Å². The largest absolute Gasteiger partial charge is 0.478 e. The van der Waals surface area contributed by atoms with Crippen LogP contribution in [0.2, 0.25) is 5.02 Å². The summed E-state index contributed by atoms with van der Waals surface area (Å²) in [5.41, 5.74) is 0.830. The number of halogens is 1. The van der Waals surface area contributed by atoms with E-state index in [1.165, 1.54) is 35.3 Å². The number of carboxylic acid groups (broad SMARTS) is 1. The van der Waals surface area contributed by atoms with E-state index in [1.54, 1.807) is 12.1 Å². The molecule has 1 aromatic carbocycles. The van der Waals surface area contributed by atoms with Gasteiger partial charge in [0.25, 0.3) is 5.56 Å². The average molecular weight is 341 g/mol. The predicted molar refractivity (Wildman–Crippen MR) is 87.9 cm³/mol. The summed E-state index contributed by atoms with van der Waals surface area (Å²) in [4.78, 5) is 30.6. The van der Waals surface area contributed by atoms with Crippen LogP contribution in [-0.2, 0) is 0 Å². The SMILES string of the molecule is [C-]#[N+]c1ccc(-c2c[nH]n(-c3ccc(C(=O)O)cn3)c2=O)c(Cl)c1. The van der Waals surface area contributed by atoms with Gasteiger partial charge in [-0.15, -0.1) is 0 Å². The van der Waals surface area contributed by atoms with Gasteiger partial charge in [0.05, 0.1) is 17.7 Å². The maximum absolute atomic E-state index is 12.6. The first kappa shape index (κ1) is 15.5. The number of rotatable bonds is 3. The van der Waals surface area contributed by atoms with E-state index in [9.17, 15) is 9.59 Å². The first-order chi connectivity index (χ1) is 11.5. The van der Waals surface area contributed by atoms with Crippen LogP contribution in [0.3, 0.4) is 0 Å². The van der Waals surface area contributed by atoms with Crippen molar-refractivity contribution in [2.45, 2.75) is 0 Å². The summed E-state index contributed by atoms with van der Waals surface area (Å²) >= 11 is 6.14. The molecule has 0 saturated heterocycles. The van der Waals surface area contributed by atoms with E-state index >= 15 is 0 Å². The number of aromatic amines is 1. The quantitative estimate of drug-likeness (QED) is 0.716. The van der Waals surface area contributed by atoms with Crippen molar-refractivity contribution in [3.63, 3.8) is 0 Å². The van der Waals surface area contributed by atoms with E-state index < -0.39 is 5.97 Å². The summed E-state index contributed by atoms with van der Waals surface area (Å²) < 4.78 is 1.18. The number of benzene rings is 1. The van der Waals surface area contributed by atoms with Crippen LogP contribution in [0.1, 0.15) is 10.4 Å². The van der Waals surface area contributed by atoms with Gasteiger partial charge >= 0.3 is 5.97 Å². The summed E-state index contributed by atoms with van der Waals surface area (Å²) in [5, 5.41) is 11.9. The molecule has 7 nitrogen and oxygen atoms in total. The molecule has 0 unspecified atom stereocenters. The minimum absolute atomic E-state index is 0.0244. The van der Waals surface area contributed by atoms with Crippen LogP contribution in [0.25, 0.3) is 21.8 Å². The Balaban J connectivity index is 2.05. The minimum atomic E-state index is -1.10. The molecule has 2 N–H and O–H groups in total. The highest BCUT2D eigenvalue weighted by Gasteiger charge is 2.14. The number of carbonyl (C=O) groups is 1. The van der Waals surface area contributed by atoms with E-state index in [0.29, 0.717) is 21.8 Å². The van der Waals surface area contributed by atoms with Gasteiger partial charge in [-0.05, 0) is 18.2 Å². The topological polar surface area (TPSA) is 92.3 Å². The molecule has 0 amide bonds. The Morgan fingerprint density at radius 1 is 1.29 bits per heavy atom. The van der Waals surface area contributed by atoms with Crippen LogP contribution in [0.5, 0.6) is 0 Å². The normalized spacial score (nSPS) is 10.3. The number of hydrogen-bond acceptors (Lipinski definition) is 3. The number of aromatic nitrogens is 3. The molecule has 8 heteroatoms. The summed E-state index contributed by atoms with van der Waals surface area (Å²) in [7, 11) is 0. The second kappa shape index (κ2) is 6.02. The number of nitrogens with zero attached hydrogens (tertiary/aromatic N) is 3. The third-order valence-electron chi connectivity index (χ3n) is 3.37. The van der Waals surface area contributed by atoms with Gasteiger partial charge in [-0.25, -0.2) is 19.3 Å². The van der Waals surface area contributed by atoms with Gasteiger partial charge in [0.1, 0.15) is 0 Å². The summed E-state index contributed by atoms with van der Waals surface area (Å²) in [6.07, 6.45) is 2.65. The molecule has 0 spiro atoms. The lowest BCUT2D eigenvalue weighted by atomic mass is 10.1. The highest BCUT2D eigenvalue weighted by Crippen LogP contribution is 2.29. The van der Waals surface area contributed by atoms with Gasteiger partial charge in [0, 0.05) is 23.0 Å². The first-order valence-electron chi connectivity index (χ1n) is 6.69. The molecule has 2 heterocycles. The maximum Gasteiger partial charge on any atom is 0.337 e. The molecule has 0 radical (unpaired) electrons. The molecule has 0 fully saturated rings. The standard InChI is InChI=1S/C16H9ClN4O3/c1-18-10-3-4-11(13(17)6-10)12-8-20-21(15(12)22)14-5-2-9(7-19-14)16(23)24/h2-8,20H,(H,23,24). The Kier molecular flexibility index (Phi) is 3.90. The van der Waals surface area contributed by atoms with Crippen LogP contribution in [0, 0.1) is 6.57 Å².